The molecular weight excluding hydrogens is 435 g/mol. The van der Waals surface area contributed by atoms with Crippen molar-refractivity contribution in [3.63, 3.8) is 0 Å². The average Bonchev–Trinajstić information content (AvgIpc) is 3.12. The SMILES string of the molecule is C=Cc1oc2c(-c3n(I)c4ccccc4[n+]3C)c(C)ccc2c1/C=C\C. The van der Waals surface area contributed by atoms with Gasteiger partial charge in [-0.05, 0) is 37.6 Å². The summed E-state index contributed by atoms with van der Waals surface area (Å²) in [6, 6.07) is 12.7. The molecule has 0 aliphatic carbocycles. The van der Waals surface area contributed by atoms with Crippen molar-refractivity contribution in [1.82, 2.24) is 2.78 Å². The highest BCUT2D eigenvalue weighted by atomic mass is 127. The maximum absolute atomic E-state index is 6.27. The molecule has 4 heteroatoms. The first-order chi connectivity index (χ1) is 12.6. The van der Waals surface area contributed by atoms with Gasteiger partial charge in [-0.1, -0.05) is 43.0 Å². The predicted octanol–water partition coefficient (Wildman–Crippen LogP) is 6.06. The Hall–Kier alpha value is -2.34. The van der Waals surface area contributed by atoms with E-state index in [-0.39, 0.29) is 0 Å². The molecule has 0 N–H and O–H groups in total. The van der Waals surface area contributed by atoms with Crippen molar-refractivity contribution < 1.29 is 8.98 Å². The van der Waals surface area contributed by atoms with E-state index >= 15 is 0 Å². The summed E-state index contributed by atoms with van der Waals surface area (Å²) in [5, 5.41) is 1.11. The zero-order valence-corrected chi connectivity index (χ0v) is 17.2. The molecule has 3 nitrogen and oxygen atoms in total. The monoisotopic (exact) mass is 455 g/mol. The molecule has 0 fully saturated rings. The van der Waals surface area contributed by atoms with Crippen molar-refractivity contribution >= 4 is 57.0 Å². The zero-order valence-electron chi connectivity index (χ0n) is 15.1. The zero-order chi connectivity index (χ0) is 18.4. The number of fused-ring (bicyclic) bond motifs is 2. The Kier molecular flexibility index (Phi) is 4.23. The topological polar surface area (TPSA) is 21.9 Å². The van der Waals surface area contributed by atoms with Gasteiger partial charge in [0.15, 0.2) is 16.6 Å². The van der Waals surface area contributed by atoms with E-state index in [0.29, 0.717) is 0 Å². The molecule has 2 heterocycles. The summed E-state index contributed by atoms with van der Waals surface area (Å²) in [7, 11) is 2.11. The van der Waals surface area contributed by atoms with E-state index in [1.807, 2.05) is 13.0 Å². The molecule has 130 valence electrons. The number of allylic oxidation sites excluding steroid dienone is 1. The number of halogens is 1. The molecule has 0 unspecified atom stereocenters. The van der Waals surface area contributed by atoms with Crippen LogP contribution in [-0.4, -0.2) is 2.78 Å². The fourth-order valence-electron chi connectivity index (χ4n) is 3.60. The van der Waals surface area contributed by atoms with Crippen LogP contribution in [0.2, 0.25) is 0 Å². The Bertz CT molecular complexity index is 1160. The molecule has 0 saturated carbocycles. The quantitative estimate of drug-likeness (QED) is 0.272. The molecule has 2 aromatic carbocycles. The van der Waals surface area contributed by atoms with E-state index in [2.05, 4.69) is 93.2 Å². The van der Waals surface area contributed by atoms with Crippen LogP contribution in [0.25, 0.3) is 45.5 Å². The van der Waals surface area contributed by atoms with Crippen molar-refractivity contribution in [3.05, 3.63) is 65.9 Å². The number of nitrogens with zero attached hydrogens (tertiary/aromatic N) is 2. The maximum atomic E-state index is 6.27. The molecule has 0 radical (unpaired) electrons. The molecule has 0 atom stereocenters. The van der Waals surface area contributed by atoms with Crippen LogP contribution < -0.4 is 4.57 Å². The number of aromatic nitrogens is 2. The summed E-state index contributed by atoms with van der Waals surface area (Å²) in [5.41, 5.74) is 6.67. The molecule has 26 heavy (non-hydrogen) atoms. The highest BCUT2D eigenvalue weighted by molar-refractivity contribution is 14.1. The highest BCUT2D eigenvalue weighted by Crippen LogP contribution is 2.38. The Morgan fingerprint density at radius 2 is 1.96 bits per heavy atom. The Morgan fingerprint density at radius 1 is 1.19 bits per heavy atom. The first-order valence-electron chi connectivity index (χ1n) is 8.55. The van der Waals surface area contributed by atoms with Crippen LogP contribution in [0.4, 0.5) is 0 Å². The van der Waals surface area contributed by atoms with E-state index in [4.69, 9.17) is 4.42 Å². The van der Waals surface area contributed by atoms with E-state index < -0.39 is 0 Å². The standard InChI is InChI=1S/C22H20IN2O/c1-5-9-15-16-13-12-14(3)20(21(16)26-19(15)6-2)22-24(4)17-10-7-8-11-18(17)25(22)23/h5-13H,2H2,1,3-4H3/q+1/b9-5-. The summed E-state index contributed by atoms with van der Waals surface area (Å²) in [4.78, 5) is 0. The Morgan fingerprint density at radius 3 is 2.65 bits per heavy atom. The minimum absolute atomic E-state index is 0.809. The van der Waals surface area contributed by atoms with Gasteiger partial charge < -0.3 is 4.42 Å². The summed E-state index contributed by atoms with van der Waals surface area (Å²) in [6.07, 6.45) is 5.90. The van der Waals surface area contributed by atoms with Gasteiger partial charge in [-0.3, -0.25) is 0 Å². The molecule has 0 amide bonds. The minimum Gasteiger partial charge on any atom is -0.455 e. The third-order valence-corrected chi connectivity index (χ3v) is 5.81. The van der Waals surface area contributed by atoms with Crippen LogP contribution >= 0.6 is 22.9 Å². The fraction of sp³-hybridized carbons (Fsp3) is 0.136. The second-order valence-corrected chi connectivity index (χ2v) is 7.34. The second kappa shape index (κ2) is 6.43. The number of para-hydroxylation sites is 2. The molecule has 0 bridgehead atoms. The first-order valence-corrected chi connectivity index (χ1v) is 9.52. The van der Waals surface area contributed by atoms with Gasteiger partial charge in [0.2, 0.25) is 22.9 Å². The van der Waals surface area contributed by atoms with Crippen molar-refractivity contribution in [3.8, 4) is 11.4 Å². The van der Waals surface area contributed by atoms with Crippen LogP contribution in [-0.2, 0) is 7.05 Å². The molecule has 4 rings (SSSR count). The summed E-state index contributed by atoms with van der Waals surface area (Å²) >= 11 is 2.37. The predicted molar refractivity (Wildman–Crippen MR) is 117 cm³/mol. The van der Waals surface area contributed by atoms with Gasteiger partial charge in [0.1, 0.15) is 11.3 Å². The van der Waals surface area contributed by atoms with Gasteiger partial charge in [-0.2, -0.15) is 2.78 Å². The lowest BCUT2D eigenvalue weighted by molar-refractivity contribution is -0.633. The van der Waals surface area contributed by atoms with E-state index in [9.17, 15) is 0 Å². The van der Waals surface area contributed by atoms with Crippen LogP contribution in [0.1, 0.15) is 23.8 Å². The Balaban J connectivity index is 2.16. The number of imidazole rings is 1. The molecule has 0 spiro atoms. The van der Waals surface area contributed by atoms with E-state index in [1.165, 1.54) is 16.6 Å². The second-order valence-electron chi connectivity index (χ2n) is 6.37. The minimum atomic E-state index is 0.809. The van der Waals surface area contributed by atoms with Gasteiger partial charge in [-0.15, -0.1) is 0 Å². The normalized spacial score (nSPS) is 11.8. The van der Waals surface area contributed by atoms with Crippen LogP contribution in [0.5, 0.6) is 0 Å². The van der Waals surface area contributed by atoms with Crippen LogP contribution in [0.15, 0.2) is 53.5 Å². The summed E-state index contributed by atoms with van der Waals surface area (Å²) in [5.74, 6) is 1.93. The fourth-order valence-corrected chi connectivity index (χ4v) is 4.58. The third kappa shape index (κ3) is 2.35. The lowest BCUT2D eigenvalue weighted by atomic mass is 10.0. The Labute approximate surface area is 166 Å². The summed E-state index contributed by atoms with van der Waals surface area (Å²) in [6.45, 7) is 8.08. The number of furan rings is 1. The van der Waals surface area contributed by atoms with Crippen molar-refractivity contribution in [1.29, 1.82) is 0 Å². The molecule has 0 saturated heterocycles. The number of benzene rings is 2. The molecular formula is C22H20IN2O+. The number of hydrogen-bond donors (Lipinski definition) is 0. The molecule has 4 aromatic rings. The van der Waals surface area contributed by atoms with Crippen molar-refractivity contribution in [2.24, 2.45) is 7.05 Å². The number of rotatable bonds is 3. The largest absolute Gasteiger partial charge is 0.455 e. The highest BCUT2D eigenvalue weighted by Gasteiger charge is 2.28. The lowest BCUT2D eigenvalue weighted by Crippen LogP contribution is -2.29. The smallest absolute Gasteiger partial charge is 0.302 e. The van der Waals surface area contributed by atoms with Crippen molar-refractivity contribution in [2.45, 2.75) is 13.8 Å². The van der Waals surface area contributed by atoms with E-state index in [0.717, 1.165) is 33.7 Å². The van der Waals surface area contributed by atoms with Crippen LogP contribution in [0.3, 0.4) is 0 Å². The van der Waals surface area contributed by atoms with Gasteiger partial charge in [0, 0.05) is 10.9 Å². The molecule has 2 aromatic heterocycles. The molecule has 0 aliphatic heterocycles. The van der Waals surface area contributed by atoms with Gasteiger partial charge in [-0.25, -0.2) is 4.57 Å². The summed E-state index contributed by atoms with van der Waals surface area (Å²) < 4.78 is 10.7. The van der Waals surface area contributed by atoms with Crippen LogP contribution in [0, 0.1) is 6.92 Å². The van der Waals surface area contributed by atoms with Gasteiger partial charge in [0.25, 0.3) is 0 Å². The number of aryl methyl sites for hydroxylation is 2. The third-order valence-electron chi connectivity index (χ3n) is 4.83. The van der Waals surface area contributed by atoms with Gasteiger partial charge in [0.05, 0.1) is 7.05 Å². The van der Waals surface area contributed by atoms with E-state index in [1.54, 1.807) is 6.08 Å². The average molecular weight is 455 g/mol. The lowest BCUT2D eigenvalue weighted by Gasteiger charge is -2.04. The number of hydrogen-bond acceptors (Lipinski definition) is 1. The van der Waals surface area contributed by atoms with Gasteiger partial charge >= 0.3 is 5.82 Å². The van der Waals surface area contributed by atoms with Crippen molar-refractivity contribution in [2.75, 3.05) is 0 Å². The first kappa shape index (κ1) is 17.1. The molecule has 0 aliphatic rings. The maximum Gasteiger partial charge on any atom is 0.302 e.